The SMILES string of the molecule is COC1=NCN=C(N[S+](=O)([O-])C2CCC(NC(=S)NC(=O)c3ccco3)CC2)C1. The van der Waals surface area contributed by atoms with Crippen LogP contribution in [0, 0.1) is 0 Å². The summed E-state index contributed by atoms with van der Waals surface area (Å²) in [7, 11) is -2.06. The van der Waals surface area contributed by atoms with E-state index in [0.29, 0.717) is 37.4 Å². The lowest BCUT2D eigenvalue weighted by Crippen LogP contribution is -2.50. The van der Waals surface area contributed by atoms with Gasteiger partial charge in [-0.15, -0.1) is 0 Å². The maximum Gasteiger partial charge on any atom is 0.293 e. The average Bonchev–Trinajstić information content (AvgIpc) is 3.23. The van der Waals surface area contributed by atoms with Crippen LogP contribution in [0.5, 0.6) is 0 Å². The molecule has 3 rings (SSSR count). The second-order valence-corrected chi connectivity index (χ2v) is 9.07. The van der Waals surface area contributed by atoms with Gasteiger partial charge in [-0.2, -0.15) is 4.72 Å². The zero-order valence-electron chi connectivity index (χ0n) is 15.9. The number of amidine groups is 1. The number of amides is 1. The zero-order chi connectivity index (χ0) is 20.9. The highest BCUT2D eigenvalue weighted by Gasteiger charge is 2.36. The summed E-state index contributed by atoms with van der Waals surface area (Å²) >= 11 is 5.16. The number of sulfonamides is 1. The third-order valence-corrected chi connectivity index (χ3v) is 6.83. The lowest BCUT2D eigenvalue weighted by atomic mass is 9.95. The molecule has 29 heavy (non-hydrogen) atoms. The van der Waals surface area contributed by atoms with Crippen LogP contribution in [-0.4, -0.2) is 52.4 Å². The highest BCUT2D eigenvalue weighted by Crippen LogP contribution is 2.26. The van der Waals surface area contributed by atoms with Gasteiger partial charge in [-0.05, 0) is 50.0 Å². The second-order valence-electron chi connectivity index (χ2n) is 6.70. The topological polar surface area (TPSA) is 140 Å². The molecule has 1 aliphatic heterocycles. The Morgan fingerprint density at radius 3 is 2.76 bits per heavy atom. The Morgan fingerprint density at radius 2 is 2.10 bits per heavy atom. The van der Waals surface area contributed by atoms with Crippen molar-refractivity contribution < 1.29 is 22.7 Å². The number of hydrogen-bond acceptors (Lipinski definition) is 8. The van der Waals surface area contributed by atoms with Gasteiger partial charge in [0.05, 0.1) is 19.8 Å². The van der Waals surface area contributed by atoms with Crippen molar-refractivity contribution in [3.05, 3.63) is 24.2 Å². The van der Waals surface area contributed by atoms with Gasteiger partial charge in [0, 0.05) is 6.04 Å². The van der Waals surface area contributed by atoms with Crippen LogP contribution in [0.15, 0.2) is 32.8 Å². The quantitative estimate of drug-likeness (QED) is 0.470. The van der Waals surface area contributed by atoms with Crippen LogP contribution in [0.1, 0.15) is 42.7 Å². The fourth-order valence-corrected chi connectivity index (χ4v) is 5.00. The van der Waals surface area contributed by atoms with Gasteiger partial charge in [-0.1, -0.05) is 4.21 Å². The number of thiocarbonyl (C=S) groups is 1. The third-order valence-electron chi connectivity index (χ3n) is 4.74. The smallest absolute Gasteiger partial charge is 0.293 e. The van der Waals surface area contributed by atoms with E-state index in [2.05, 4.69) is 25.3 Å². The number of nitrogens with zero attached hydrogens (tertiary/aromatic N) is 2. The summed E-state index contributed by atoms with van der Waals surface area (Å²) in [5.41, 5.74) is 0. The van der Waals surface area contributed by atoms with Gasteiger partial charge in [-0.25, -0.2) is 9.98 Å². The Balaban J connectivity index is 1.44. The molecular weight excluding hydrogens is 418 g/mol. The molecule has 12 heteroatoms. The number of carbonyl (C=O) groups excluding carboxylic acids is 1. The zero-order valence-corrected chi connectivity index (χ0v) is 17.5. The minimum absolute atomic E-state index is 0.00917. The molecule has 2 aliphatic rings. The van der Waals surface area contributed by atoms with Gasteiger partial charge in [0.15, 0.2) is 22.6 Å². The Labute approximate surface area is 175 Å². The van der Waals surface area contributed by atoms with Crippen molar-refractivity contribution in [3.63, 3.8) is 0 Å². The van der Waals surface area contributed by atoms with Crippen LogP contribution >= 0.6 is 12.2 Å². The molecule has 158 valence electrons. The van der Waals surface area contributed by atoms with Crippen molar-refractivity contribution in [2.45, 2.75) is 43.4 Å². The maximum atomic E-state index is 12.7. The molecule has 0 radical (unpaired) electrons. The fraction of sp³-hybridized carbons (Fsp3) is 0.529. The summed E-state index contributed by atoms with van der Waals surface area (Å²) in [6.45, 7) is 0.152. The molecule has 0 aromatic carbocycles. The predicted molar refractivity (Wildman–Crippen MR) is 111 cm³/mol. The molecule has 2 heterocycles. The number of ether oxygens (including phenoxy) is 1. The number of hydrogen-bond donors (Lipinski definition) is 3. The van der Waals surface area contributed by atoms with Gasteiger partial charge < -0.3 is 19.0 Å². The summed E-state index contributed by atoms with van der Waals surface area (Å²) in [5.74, 6) is 0.539. The van der Waals surface area contributed by atoms with E-state index in [1.165, 1.54) is 13.4 Å². The highest BCUT2D eigenvalue weighted by molar-refractivity contribution is 7.96. The molecule has 1 amide bonds. The number of aliphatic imine (C=N–C) groups is 2. The van der Waals surface area contributed by atoms with E-state index in [1.54, 1.807) is 12.1 Å². The molecule has 1 unspecified atom stereocenters. The van der Waals surface area contributed by atoms with E-state index >= 15 is 0 Å². The number of carbonyl (C=O) groups is 1. The first kappa shape index (κ1) is 21.4. The van der Waals surface area contributed by atoms with Crippen LogP contribution in [0.25, 0.3) is 0 Å². The first-order valence-corrected chi connectivity index (χ1v) is 11.1. The Bertz CT molecular complexity index is 846. The van der Waals surface area contributed by atoms with Crippen molar-refractivity contribution in [2.24, 2.45) is 9.98 Å². The average molecular weight is 442 g/mol. The Hall–Kier alpha value is -2.31. The van der Waals surface area contributed by atoms with E-state index in [-0.39, 0.29) is 30.0 Å². The lowest BCUT2D eigenvalue weighted by Gasteiger charge is -2.32. The van der Waals surface area contributed by atoms with Crippen LogP contribution in [0.2, 0.25) is 0 Å². The molecule has 1 aromatic rings. The number of nitrogens with one attached hydrogen (secondary N) is 3. The molecule has 0 bridgehead atoms. The van der Waals surface area contributed by atoms with Crippen LogP contribution in [-0.2, 0) is 19.3 Å². The summed E-state index contributed by atoms with van der Waals surface area (Å²) in [6, 6.07) is 3.15. The van der Waals surface area contributed by atoms with Crippen molar-refractivity contribution >= 4 is 45.4 Å². The second kappa shape index (κ2) is 9.46. The van der Waals surface area contributed by atoms with Crippen molar-refractivity contribution in [3.8, 4) is 0 Å². The van der Waals surface area contributed by atoms with E-state index in [4.69, 9.17) is 21.4 Å². The molecule has 1 aliphatic carbocycles. The Kier molecular flexibility index (Phi) is 6.98. The minimum atomic E-state index is -3.55. The third kappa shape index (κ3) is 5.84. The van der Waals surface area contributed by atoms with Gasteiger partial charge in [0.25, 0.3) is 5.91 Å². The van der Waals surface area contributed by atoms with E-state index in [0.717, 1.165) is 0 Å². The van der Waals surface area contributed by atoms with Gasteiger partial charge >= 0.3 is 0 Å². The van der Waals surface area contributed by atoms with Crippen LogP contribution in [0.4, 0.5) is 0 Å². The summed E-state index contributed by atoms with van der Waals surface area (Å²) in [4.78, 5) is 20.0. The lowest BCUT2D eigenvalue weighted by molar-refractivity contribution is 0.0949. The normalized spacial score (nSPS) is 23.8. The maximum absolute atomic E-state index is 12.7. The predicted octanol–water partition coefficient (Wildman–Crippen LogP) is 1.13. The molecule has 10 nitrogen and oxygen atoms in total. The summed E-state index contributed by atoms with van der Waals surface area (Å²) < 4.78 is 38.0. The van der Waals surface area contributed by atoms with E-state index in [9.17, 15) is 13.6 Å². The largest absolute Gasteiger partial charge is 0.593 e. The van der Waals surface area contributed by atoms with E-state index < -0.39 is 21.6 Å². The molecule has 1 aromatic heterocycles. The highest BCUT2D eigenvalue weighted by atomic mass is 32.3. The fourth-order valence-electron chi connectivity index (χ4n) is 3.22. The monoisotopic (exact) mass is 441 g/mol. The number of furan rings is 1. The minimum Gasteiger partial charge on any atom is -0.593 e. The molecular formula is C17H23N5O5S2. The summed E-state index contributed by atoms with van der Waals surface area (Å²) in [6.07, 6.45) is 3.80. The molecule has 1 saturated carbocycles. The number of methoxy groups -OCH3 is 1. The molecule has 0 saturated heterocycles. The van der Waals surface area contributed by atoms with E-state index in [1.807, 2.05) is 0 Å². The molecule has 0 spiro atoms. The first-order chi connectivity index (χ1) is 13.9. The van der Waals surface area contributed by atoms with Crippen molar-refractivity contribution in [1.82, 2.24) is 15.4 Å². The standard InChI is InChI=1S/C17H23N5O5S2/c1-26-15-9-14(18-10-19-15)22-29(24,25)12-6-4-11(5-7-12)20-17(28)21-16(23)13-3-2-8-27-13/h2-3,8,11-12H,4-7,9-10H2,1H3,(H3-,18,20,21,22,23,24,25,28). The van der Waals surface area contributed by atoms with Gasteiger partial charge in [-0.3, -0.25) is 10.1 Å². The molecule has 1 atom stereocenters. The van der Waals surface area contributed by atoms with Crippen LogP contribution in [0.3, 0.4) is 0 Å². The van der Waals surface area contributed by atoms with Crippen LogP contribution < -0.4 is 15.4 Å². The van der Waals surface area contributed by atoms with Crippen molar-refractivity contribution in [1.29, 1.82) is 0 Å². The number of rotatable bonds is 4. The first-order valence-electron chi connectivity index (χ1n) is 9.15. The Morgan fingerprint density at radius 1 is 1.34 bits per heavy atom. The molecule has 1 fully saturated rings. The van der Waals surface area contributed by atoms with Crippen molar-refractivity contribution in [2.75, 3.05) is 13.8 Å². The summed E-state index contributed by atoms with van der Waals surface area (Å²) in [5, 5.41) is 5.30. The molecule has 3 N–H and O–H groups in total. The van der Waals surface area contributed by atoms with Gasteiger partial charge in [0.1, 0.15) is 22.3 Å². The van der Waals surface area contributed by atoms with Gasteiger partial charge in [0.2, 0.25) is 0 Å².